The molecule has 1 amide bonds. The molecule has 1 aromatic carbocycles. The Hall–Kier alpha value is -2.04. The first-order valence-corrected chi connectivity index (χ1v) is 6.55. The fourth-order valence-electron chi connectivity index (χ4n) is 1.88. The predicted molar refractivity (Wildman–Crippen MR) is 76.0 cm³/mol. The Morgan fingerprint density at radius 1 is 1.25 bits per heavy atom. The zero-order chi connectivity index (χ0) is 15.3. The third kappa shape index (κ3) is 3.73. The third-order valence-corrected chi connectivity index (χ3v) is 3.11. The maximum absolute atomic E-state index is 12.6. The smallest absolute Gasteiger partial charge is 0.308 e. The van der Waals surface area contributed by atoms with Gasteiger partial charge in [-0.15, -0.1) is 0 Å². The van der Waals surface area contributed by atoms with Crippen LogP contribution in [0.2, 0.25) is 0 Å². The van der Waals surface area contributed by atoms with Crippen molar-refractivity contribution < 1.29 is 19.4 Å². The van der Waals surface area contributed by atoms with Gasteiger partial charge in [-0.1, -0.05) is 19.1 Å². The van der Waals surface area contributed by atoms with Crippen molar-refractivity contribution >= 4 is 11.9 Å². The molecule has 1 atom stereocenters. The molecule has 1 aromatic rings. The molecule has 1 rings (SSSR count). The van der Waals surface area contributed by atoms with Crippen molar-refractivity contribution in [3.63, 3.8) is 0 Å². The molecule has 0 bridgehead atoms. The predicted octanol–water partition coefficient (Wildman–Crippen LogP) is 2.27. The fraction of sp³-hybridized carbons (Fsp3) is 0.467. The van der Waals surface area contributed by atoms with Crippen LogP contribution in [-0.4, -0.2) is 41.6 Å². The number of carboxylic acid groups (broad SMARTS) is 1. The van der Waals surface area contributed by atoms with Crippen LogP contribution in [0.3, 0.4) is 0 Å². The number of para-hydroxylation sites is 1. The van der Waals surface area contributed by atoms with Gasteiger partial charge in [0.25, 0.3) is 5.91 Å². The summed E-state index contributed by atoms with van der Waals surface area (Å²) in [6.45, 7) is 5.49. The highest BCUT2D eigenvalue weighted by atomic mass is 16.5. The number of nitrogens with zero attached hydrogens (tertiary/aromatic N) is 1. The van der Waals surface area contributed by atoms with E-state index in [1.165, 1.54) is 7.11 Å². The van der Waals surface area contributed by atoms with Gasteiger partial charge in [0.2, 0.25) is 0 Å². The zero-order valence-corrected chi connectivity index (χ0v) is 12.3. The topological polar surface area (TPSA) is 66.8 Å². The first-order chi connectivity index (χ1) is 9.38. The van der Waals surface area contributed by atoms with E-state index in [1.807, 2.05) is 13.8 Å². The molecule has 0 aliphatic carbocycles. The number of carbonyl (C=O) groups is 2. The second-order valence-electron chi connectivity index (χ2n) is 4.99. The van der Waals surface area contributed by atoms with Crippen LogP contribution in [-0.2, 0) is 4.79 Å². The van der Waals surface area contributed by atoms with Crippen molar-refractivity contribution in [2.24, 2.45) is 5.92 Å². The molecule has 0 heterocycles. The Morgan fingerprint density at radius 2 is 1.85 bits per heavy atom. The summed E-state index contributed by atoms with van der Waals surface area (Å²) in [5.74, 6) is -1.25. The Labute approximate surface area is 119 Å². The van der Waals surface area contributed by atoms with Crippen molar-refractivity contribution in [2.45, 2.75) is 26.8 Å². The fourth-order valence-corrected chi connectivity index (χ4v) is 1.88. The minimum atomic E-state index is -0.913. The molecule has 5 heteroatoms. The number of benzene rings is 1. The van der Waals surface area contributed by atoms with Gasteiger partial charge in [0.15, 0.2) is 0 Å². The van der Waals surface area contributed by atoms with Gasteiger partial charge in [-0.05, 0) is 26.0 Å². The van der Waals surface area contributed by atoms with Crippen molar-refractivity contribution in [3.05, 3.63) is 29.8 Å². The zero-order valence-electron chi connectivity index (χ0n) is 12.3. The van der Waals surface area contributed by atoms with Crippen molar-refractivity contribution in [2.75, 3.05) is 13.7 Å². The molecule has 1 unspecified atom stereocenters. The van der Waals surface area contributed by atoms with Crippen LogP contribution in [0.5, 0.6) is 5.75 Å². The summed E-state index contributed by atoms with van der Waals surface area (Å²) in [5.41, 5.74) is 0.446. The molecular weight excluding hydrogens is 258 g/mol. The molecule has 0 saturated carbocycles. The van der Waals surface area contributed by atoms with E-state index in [2.05, 4.69) is 0 Å². The van der Waals surface area contributed by atoms with E-state index in [0.717, 1.165) is 0 Å². The van der Waals surface area contributed by atoms with Crippen molar-refractivity contribution in [3.8, 4) is 5.75 Å². The monoisotopic (exact) mass is 279 g/mol. The number of amides is 1. The van der Waals surface area contributed by atoms with E-state index in [-0.39, 0.29) is 18.5 Å². The molecule has 5 nitrogen and oxygen atoms in total. The first-order valence-electron chi connectivity index (χ1n) is 6.55. The Morgan fingerprint density at radius 3 is 2.35 bits per heavy atom. The molecule has 0 fully saturated rings. The SMILES string of the molecule is COc1ccccc1C(=O)N(CC(C)C(=O)O)C(C)C. The minimum absolute atomic E-state index is 0.0887. The largest absolute Gasteiger partial charge is 0.496 e. The lowest BCUT2D eigenvalue weighted by molar-refractivity contribution is -0.141. The molecule has 0 aromatic heterocycles. The first kappa shape index (κ1) is 16.0. The third-order valence-electron chi connectivity index (χ3n) is 3.11. The van der Waals surface area contributed by atoms with Crippen LogP contribution in [0.15, 0.2) is 24.3 Å². The second-order valence-corrected chi connectivity index (χ2v) is 4.99. The van der Waals surface area contributed by atoms with E-state index in [0.29, 0.717) is 11.3 Å². The number of carbonyl (C=O) groups excluding carboxylic acids is 1. The summed E-state index contributed by atoms with van der Waals surface area (Å²) in [5, 5.41) is 9.00. The van der Waals surface area contributed by atoms with Crippen molar-refractivity contribution in [1.82, 2.24) is 4.90 Å². The second kappa shape index (κ2) is 6.93. The summed E-state index contributed by atoms with van der Waals surface area (Å²) in [7, 11) is 1.51. The quantitative estimate of drug-likeness (QED) is 0.867. The molecule has 20 heavy (non-hydrogen) atoms. The van der Waals surface area contributed by atoms with Gasteiger partial charge in [-0.25, -0.2) is 0 Å². The van der Waals surface area contributed by atoms with Gasteiger partial charge in [0, 0.05) is 12.6 Å². The highest BCUT2D eigenvalue weighted by molar-refractivity contribution is 5.97. The van der Waals surface area contributed by atoms with Crippen LogP contribution < -0.4 is 4.74 Å². The van der Waals surface area contributed by atoms with E-state index >= 15 is 0 Å². The number of carboxylic acids is 1. The maximum Gasteiger partial charge on any atom is 0.308 e. The summed E-state index contributed by atoms with van der Waals surface area (Å²) >= 11 is 0. The average Bonchev–Trinajstić information content (AvgIpc) is 2.43. The minimum Gasteiger partial charge on any atom is -0.496 e. The molecule has 0 spiro atoms. The standard InChI is InChI=1S/C15H21NO4/c1-10(2)16(9-11(3)15(18)19)14(17)12-7-5-6-8-13(12)20-4/h5-8,10-11H,9H2,1-4H3,(H,18,19). The van der Waals surface area contributed by atoms with E-state index in [9.17, 15) is 9.59 Å². The van der Waals surface area contributed by atoms with Gasteiger partial charge in [0.1, 0.15) is 5.75 Å². The van der Waals surface area contributed by atoms with Crippen LogP contribution in [0.1, 0.15) is 31.1 Å². The summed E-state index contributed by atoms with van der Waals surface area (Å²) in [6.07, 6.45) is 0. The van der Waals surface area contributed by atoms with Crippen LogP contribution in [0.4, 0.5) is 0 Å². The van der Waals surface area contributed by atoms with Gasteiger partial charge in [0.05, 0.1) is 18.6 Å². The number of hydrogen-bond acceptors (Lipinski definition) is 3. The number of hydrogen-bond donors (Lipinski definition) is 1. The molecule has 110 valence electrons. The molecule has 1 N–H and O–H groups in total. The average molecular weight is 279 g/mol. The van der Waals surface area contributed by atoms with Crippen LogP contribution in [0.25, 0.3) is 0 Å². The van der Waals surface area contributed by atoms with Crippen molar-refractivity contribution in [1.29, 1.82) is 0 Å². The summed E-state index contributed by atoms with van der Waals surface area (Å²) < 4.78 is 5.18. The summed E-state index contributed by atoms with van der Waals surface area (Å²) in [6, 6.07) is 6.85. The molecular formula is C15H21NO4. The molecule has 0 aliphatic heterocycles. The molecule has 0 radical (unpaired) electrons. The maximum atomic E-state index is 12.6. The molecule has 0 aliphatic rings. The van der Waals surface area contributed by atoms with Crippen LogP contribution in [0, 0.1) is 5.92 Å². The van der Waals surface area contributed by atoms with Gasteiger partial charge < -0.3 is 14.7 Å². The Balaban J connectivity index is 3.03. The lowest BCUT2D eigenvalue weighted by Gasteiger charge is -2.29. The van der Waals surface area contributed by atoms with Gasteiger partial charge >= 0.3 is 5.97 Å². The number of methoxy groups -OCH3 is 1. The van der Waals surface area contributed by atoms with Gasteiger partial charge in [-0.3, -0.25) is 9.59 Å². The number of rotatable bonds is 6. The lowest BCUT2D eigenvalue weighted by atomic mass is 10.1. The van der Waals surface area contributed by atoms with E-state index in [4.69, 9.17) is 9.84 Å². The van der Waals surface area contributed by atoms with E-state index in [1.54, 1.807) is 36.1 Å². The van der Waals surface area contributed by atoms with Crippen LogP contribution >= 0.6 is 0 Å². The van der Waals surface area contributed by atoms with Gasteiger partial charge in [-0.2, -0.15) is 0 Å². The number of ether oxygens (including phenoxy) is 1. The van der Waals surface area contributed by atoms with E-state index < -0.39 is 11.9 Å². The highest BCUT2D eigenvalue weighted by Crippen LogP contribution is 2.21. The summed E-state index contributed by atoms with van der Waals surface area (Å²) in [4.78, 5) is 25.1. The normalized spacial score (nSPS) is 12.1. The molecule has 0 saturated heterocycles. The highest BCUT2D eigenvalue weighted by Gasteiger charge is 2.25. The lowest BCUT2D eigenvalue weighted by Crippen LogP contribution is -2.41. The number of aliphatic carboxylic acids is 1. The Bertz CT molecular complexity index is 485. The Kier molecular flexibility index (Phi) is 5.55.